The summed E-state index contributed by atoms with van der Waals surface area (Å²) in [5.41, 5.74) is 11.7. The second-order valence-electron chi connectivity index (χ2n) is 3.71. The normalized spacial score (nSPS) is 10.2. The molecule has 0 aliphatic heterocycles. The fourth-order valence-electron chi connectivity index (χ4n) is 1.55. The molecule has 7 heteroatoms. The lowest BCUT2D eigenvalue weighted by molar-refractivity contribution is 0.100. The van der Waals surface area contributed by atoms with E-state index in [9.17, 15) is 4.79 Å². The van der Waals surface area contributed by atoms with Crippen LogP contribution in [0.25, 0.3) is 0 Å². The largest absolute Gasteiger partial charge is 0.384 e. The van der Waals surface area contributed by atoms with Crippen molar-refractivity contribution in [1.29, 1.82) is 0 Å². The summed E-state index contributed by atoms with van der Waals surface area (Å²) in [6.45, 7) is 1.28. The van der Waals surface area contributed by atoms with Gasteiger partial charge in [0, 0.05) is 18.9 Å². The van der Waals surface area contributed by atoms with E-state index in [2.05, 4.69) is 15.4 Å². The molecule has 0 aliphatic carbocycles. The van der Waals surface area contributed by atoms with Crippen LogP contribution < -0.4 is 16.8 Å². The number of primary amides is 1. The number of nitrogen functional groups attached to an aromatic ring is 1. The predicted octanol–water partition coefficient (Wildman–Crippen LogP) is 0.0713. The Kier molecular flexibility index (Phi) is 3.42. The number of nitrogens with zero attached hydrogens (tertiary/aromatic N) is 3. The molecule has 0 spiro atoms. The molecule has 5 N–H and O–H groups in total. The highest BCUT2D eigenvalue weighted by Gasteiger charge is 2.08. The summed E-state index contributed by atoms with van der Waals surface area (Å²) in [5.74, 6) is -0.271. The van der Waals surface area contributed by atoms with Gasteiger partial charge in [0.1, 0.15) is 5.82 Å². The number of nitrogens with two attached hydrogens (primary N) is 2. The third-order valence-electron chi connectivity index (χ3n) is 2.41. The first-order valence-electron chi connectivity index (χ1n) is 5.43. The van der Waals surface area contributed by atoms with Gasteiger partial charge in [-0.25, -0.2) is 4.98 Å². The topological polar surface area (TPSA) is 112 Å². The molecule has 0 saturated carbocycles. The minimum absolute atomic E-state index is 0.265. The number of carbonyl (C=O) groups is 1. The van der Waals surface area contributed by atoms with Crippen molar-refractivity contribution in [2.75, 3.05) is 17.6 Å². The van der Waals surface area contributed by atoms with Crippen molar-refractivity contribution in [1.82, 2.24) is 14.8 Å². The van der Waals surface area contributed by atoms with Crippen LogP contribution in [-0.4, -0.2) is 27.2 Å². The van der Waals surface area contributed by atoms with Crippen molar-refractivity contribution in [3.8, 4) is 0 Å². The van der Waals surface area contributed by atoms with E-state index in [1.165, 1.54) is 12.3 Å². The van der Waals surface area contributed by atoms with Crippen LogP contribution in [0.1, 0.15) is 10.4 Å². The van der Waals surface area contributed by atoms with Crippen LogP contribution in [0.15, 0.2) is 30.7 Å². The van der Waals surface area contributed by atoms with Crippen molar-refractivity contribution >= 4 is 17.4 Å². The maximum absolute atomic E-state index is 11.2. The number of hydrogen-bond acceptors (Lipinski definition) is 5. The van der Waals surface area contributed by atoms with Crippen molar-refractivity contribution in [2.45, 2.75) is 6.54 Å². The molecule has 2 rings (SSSR count). The van der Waals surface area contributed by atoms with Crippen LogP contribution in [0, 0.1) is 0 Å². The lowest BCUT2D eigenvalue weighted by Gasteiger charge is -2.10. The smallest absolute Gasteiger partial charge is 0.250 e. The monoisotopic (exact) mass is 246 g/mol. The molecule has 0 fully saturated rings. The molecule has 0 atom stereocenters. The molecule has 0 aromatic carbocycles. The Morgan fingerprint density at radius 1 is 1.50 bits per heavy atom. The maximum Gasteiger partial charge on any atom is 0.250 e. The summed E-state index contributed by atoms with van der Waals surface area (Å²) in [6, 6.07) is 3.30. The van der Waals surface area contributed by atoms with E-state index in [4.69, 9.17) is 11.5 Å². The van der Waals surface area contributed by atoms with Gasteiger partial charge in [-0.05, 0) is 12.1 Å². The van der Waals surface area contributed by atoms with Crippen LogP contribution in [0.2, 0.25) is 0 Å². The molecule has 1 amide bonds. The molecule has 0 bridgehead atoms. The Balaban J connectivity index is 2.02. The quantitative estimate of drug-likeness (QED) is 0.691. The Morgan fingerprint density at radius 3 is 3.00 bits per heavy atom. The average molecular weight is 246 g/mol. The molecule has 18 heavy (non-hydrogen) atoms. The van der Waals surface area contributed by atoms with Gasteiger partial charge >= 0.3 is 0 Å². The zero-order chi connectivity index (χ0) is 13.0. The summed E-state index contributed by atoms with van der Waals surface area (Å²) < 4.78 is 1.78. The second kappa shape index (κ2) is 5.17. The SMILES string of the molecule is NC(=O)c1cc(N)ncc1NCCn1cccn1. The van der Waals surface area contributed by atoms with Crippen LogP contribution in [0.5, 0.6) is 0 Å². The van der Waals surface area contributed by atoms with Gasteiger partial charge in [-0.1, -0.05) is 0 Å². The Bertz CT molecular complexity index is 536. The van der Waals surface area contributed by atoms with E-state index in [1.807, 2.05) is 12.3 Å². The standard InChI is InChI=1S/C11H14N6O/c12-10-6-8(11(13)18)9(7-15-10)14-3-5-17-4-1-2-16-17/h1-2,4,6-7,14H,3,5H2,(H2,12,15)(H2,13,18). The van der Waals surface area contributed by atoms with Gasteiger partial charge in [-0.15, -0.1) is 0 Å². The molecule has 0 unspecified atom stereocenters. The van der Waals surface area contributed by atoms with Crippen molar-refractivity contribution in [3.63, 3.8) is 0 Å². The summed E-state index contributed by atoms with van der Waals surface area (Å²) in [6.07, 6.45) is 5.07. The third-order valence-corrected chi connectivity index (χ3v) is 2.41. The van der Waals surface area contributed by atoms with E-state index in [1.54, 1.807) is 10.9 Å². The fraction of sp³-hybridized carbons (Fsp3) is 0.182. The molecule has 0 saturated heterocycles. The van der Waals surface area contributed by atoms with E-state index in [0.29, 0.717) is 24.3 Å². The summed E-state index contributed by atoms with van der Waals surface area (Å²) in [7, 11) is 0. The van der Waals surface area contributed by atoms with Gasteiger partial charge in [-0.2, -0.15) is 5.10 Å². The van der Waals surface area contributed by atoms with Gasteiger partial charge < -0.3 is 16.8 Å². The zero-order valence-electron chi connectivity index (χ0n) is 9.71. The molecule has 2 aromatic heterocycles. The van der Waals surface area contributed by atoms with Gasteiger partial charge in [-0.3, -0.25) is 9.48 Å². The second-order valence-corrected chi connectivity index (χ2v) is 3.71. The van der Waals surface area contributed by atoms with Crippen molar-refractivity contribution in [3.05, 3.63) is 36.3 Å². The number of amides is 1. The van der Waals surface area contributed by atoms with Crippen LogP contribution >= 0.6 is 0 Å². The third kappa shape index (κ3) is 2.76. The first kappa shape index (κ1) is 11.9. The number of hydrogen-bond donors (Lipinski definition) is 3. The number of anilines is 2. The maximum atomic E-state index is 11.2. The summed E-state index contributed by atoms with van der Waals surface area (Å²) in [5, 5.41) is 7.15. The molecular formula is C11H14N6O. The molecule has 2 heterocycles. The number of carbonyl (C=O) groups excluding carboxylic acids is 1. The summed E-state index contributed by atoms with van der Waals surface area (Å²) in [4.78, 5) is 15.2. The first-order chi connectivity index (χ1) is 8.66. The van der Waals surface area contributed by atoms with E-state index in [0.717, 1.165) is 0 Å². The van der Waals surface area contributed by atoms with Gasteiger partial charge in [0.15, 0.2) is 0 Å². The Labute approximate surface area is 104 Å². The van der Waals surface area contributed by atoms with E-state index < -0.39 is 5.91 Å². The van der Waals surface area contributed by atoms with Gasteiger partial charge in [0.05, 0.1) is 24.0 Å². The van der Waals surface area contributed by atoms with Crippen molar-refractivity contribution < 1.29 is 4.79 Å². The predicted molar refractivity (Wildman–Crippen MR) is 67.9 cm³/mol. The molecule has 94 valence electrons. The average Bonchev–Trinajstić information content (AvgIpc) is 2.84. The molecular weight excluding hydrogens is 232 g/mol. The number of aromatic nitrogens is 3. The lowest BCUT2D eigenvalue weighted by Crippen LogP contribution is -2.17. The highest BCUT2D eigenvalue weighted by atomic mass is 16.1. The fourth-order valence-corrected chi connectivity index (χ4v) is 1.55. The minimum Gasteiger partial charge on any atom is -0.384 e. The highest BCUT2D eigenvalue weighted by Crippen LogP contribution is 2.15. The minimum atomic E-state index is -0.536. The lowest BCUT2D eigenvalue weighted by atomic mass is 10.2. The zero-order valence-corrected chi connectivity index (χ0v) is 9.71. The van der Waals surface area contributed by atoms with Gasteiger partial charge in [0.2, 0.25) is 0 Å². The Hall–Kier alpha value is -2.57. The summed E-state index contributed by atoms with van der Waals surface area (Å²) >= 11 is 0. The number of rotatable bonds is 5. The molecule has 7 nitrogen and oxygen atoms in total. The highest BCUT2D eigenvalue weighted by molar-refractivity contribution is 5.98. The van der Waals surface area contributed by atoms with Crippen molar-refractivity contribution in [2.24, 2.45) is 5.73 Å². The molecule has 2 aromatic rings. The first-order valence-corrected chi connectivity index (χ1v) is 5.43. The van der Waals surface area contributed by atoms with E-state index >= 15 is 0 Å². The van der Waals surface area contributed by atoms with Crippen LogP contribution in [-0.2, 0) is 6.54 Å². The molecule has 0 aliphatic rings. The van der Waals surface area contributed by atoms with Gasteiger partial charge in [0.25, 0.3) is 5.91 Å². The number of pyridine rings is 1. The Morgan fingerprint density at radius 2 is 2.33 bits per heavy atom. The van der Waals surface area contributed by atoms with Crippen LogP contribution in [0.4, 0.5) is 11.5 Å². The van der Waals surface area contributed by atoms with Crippen LogP contribution in [0.3, 0.4) is 0 Å². The number of nitrogens with one attached hydrogen (secondary N) is 1. The molecule has 0 radical (unpaired) electrons. The van der Waals surface area contributed by atoms with E-state index in [-0.39, 0.29) is 5.82 Å².